The lowest BCUT2D eigenvalue weighted by Gasteiger charge is -2.26. The molecule has 1 saturated heterocycles. The lowest BCUT2D eigenvalue weighted by atomic mass is 9.95. The summed E-state index contributed by atoms with van der Waals surface area (Å²) in [5.41, 5.74) is 1.13. The number of likely N-dealkylation sites (tertiary alicyclic amines) is 1. The number of carbonyl (C=O) groups excluding carboxylic acids is 2. The molecule has 0 spiro atoms. The first-order valence-electron chi connectivity index (χ1n) is 11.2. The molecule has 3 rings (SSSR count). The molecule has 0 bridgehead atoms. The number of hydrogen-bond acceptors (Lipinski definition) is 7. The Balaban J connectivity index is 2.12. The second kappa shape index (κ2) is 11.1. The average molecular weight is 469 g/mol. The molecule has 1 N–H and O–H groups in total. The van der Waals surface area contributed by atoms with Gasteiger partial charge in [0.05, 0.1) is 32.4 Å². The number of Topliss-reactive ketones (excluding diaryl/α,β-unsaturated/α-hetero) is 1. The van der Waals surface area contributed by atoms with Crippen LogP contribution >= 0.6 is 0 Å². The topological polar surface area (TPSA) is 88.5 Å². The smallest absolute Gasteiger partial charge is 0.295 e. The molecule has 1 fully saturated rings. The summed E-state index contributed by atoms with van der Waals surface area (Å²) in [6.45, 7) is 3.46. The van der Waals surface area contributed by atoms with Crippen LogP contribution in [0.25, 0.3) is 5.76 Å². The minimum atomic E-state index is -0.756. The molecule has 2 aromatic rings. The molecule has 2 aromatic carbocycles. The van der Waals surface area contributed by atoms with Crippen LogP contribution in [0, 0.1) is 0 Å². The summed E-state index contributed by atoms with van der Waals surface area (Å²) in [4.78, 5) is 29.8. The Morgan fingerprint density at radius 1 is 1.03 bits per heavy atom. The van der Waals surface area contributed by atoms with E-state index in [0.29, 0.717) is 47.9 Å². The van der Waals surface area contributed by atoms with Crippen LogP contribution in [0.4, 0.5) is 0 Å². The highest BCUT2D eigenvalue weighted by molar-refractivity contribution is 6.46. The van der Waals surface area contributed by atoms with Crippen LogP contribution in [-0.4, -0.2) is 74.6 Å². The molecule has 0 saturated carbocycles. The molecule has 8 heteroatoms. The Hall–Kier alpha value is -3.52. The number of methoxy groups -OCH3 is 2. The fourth-order valence-electron chi connectivity index (χ4n) is 4.05. The third kappa shape index (κ3) is 5.17. The maximum Gasteiger partial charge on any atom is 0.295 e. The fraction of sp³-hybridized carbons (Fsp3) is 0.385. The Kier molecular flexibility index (Phi) is 8.17. The molecule has 1 aliphatic heterocycles. The minimum absolute atomic E-state index is 0.0474. The summed E-state index contributed by atoms with van der Waals surface area (Å²) in [7, 11) is 6.99. The third-order valence-electron chi connectivity index (χ3n) is 5.71. The SMILES string of the molecule is CCOc1ccc([C@H]2C(=C(O)c3ccc(OC)cc3)C(=O)C(=O)N2CCCN(C)C)cc1OC. The Bertz CT molecular complexity index is 1060. The third-order valence-corrected chi connectivity index (χ3v) is 5.71. The summed E-state index contributed by atoms with van der Waals surface area (Å²) >= 11 is 0. The average Bonchev–Trinajstić information content (AvgIpc) is 3.09. The molecule has 0 aromatic heterocycles. The van der Waals surface area contributed by atoms with E-state index in [-0.39, 0.29) is 11.3 Å². The second-order valence-electron chi connectivity index (χ2n) is 8.22. The summed E-state index contributed by atoms with van der Waals surface area (Å²) in [6, 6.07) is 11.2. The van der Waals surface area contributed by atoms with E-state index in [2.05, 4.69) is 0 Å². The number of nitrogens with zero attached hydrogens (tertiary/aromatic N) is 2. The van der Waals surface area contributed by atoms with Crippen molar-refractivity contribution in [3.8, 4) is 17.2 Å². The zero-order valence-electron chi connectivity index (χ0n) is 20.3. The molecule has 1 heterocycles. The molecule has 1 aliphatic rings. The largest absolute Gasteiger partial charge is 0.507 e. The van der Waals surface area contributed by atoms with E-state index < -0.39 is 17.7 Å². The maximum absolute atomic E-state index is 13.2. The number of amides is 1. The van der Waals surface area contributed by atoms with Crippen LogP contribution in [0.15, 0.2) is 48.0 Å². The van der Waals surface area contributed by atoms with Gasteiger partial charge in [-0.3, -0.25) is 9.59 Å². The first-order chi connectivity index (χ1) is 16.3. The van der Waals surface area contributed by atoms with Crippen molar-refractivity contribution in [1.29, 1.82) is 0 Å². The summed E-state index contributed by atoms with van der Waals surface area (Å²) in [5, 5.41) is 11.2. The Morgan fingerprint density at radius 3 is 2.32 bits per heavy atom. The van der Waals surface area contributed by atoms with Gasteiger partial charge in [-0.15, -0.1) is 0 Å². The summed E-state index contributed by atoms with van der Waals surface area (Å²) in [6.07, 6.45) is 0.674. The zero-order chi connectivity index (χ0) is 24.8. The molecule has 0 aliphatic carbocycles. The van der Waals surface area contributed by atoms with Gasteiger partial charge in [0, 0.05) is 12.1 Å². The molecule has 1 atom stereocenters. The predicted octanol–water partition coefficient (Wildman–Crippen LogP) is 3.48. The van der Waals surface area contributed by atoms with E-state index in [9.17, 15) is 14.7 Å². The van der Waals surface area contributed by atoms with Crippen molar-refractivity contribution >= 4 is 17.4 Å². The van der Waals surface area contributed by atoms with Crippen molar-refractivity contribution in [2.75, 3.05) is 48.0 Å². The van der Waals surface area contributed by atoms with E-state index in [1.165, 1.54) is 12.0 Å². The Labute approximate surface area is 200 Å². The quantitative estimate of drug-likeness (QED) is 0.324. The van der Waals surface area contributed by atoms with Crippen molar-refractivity contribution in [3.05, 3.63) is 59.2 Å². The van der Waals surface area contributed by atoms with Crippen LogP contribution < -0.4 is 14.2 Å². The maximum atomic E-state index is 13.2. The van der Waals surface area contributed by atoms with Gasteiger partial charge in [-0.2, -0.15) is 0 Å². The lowest BCUT2D eigenvalue weighted by Crippen LogP contribution is -2.32. The number of benzene rings is 2. The number of rotatable bonds is 10. The molecular weight excluding hydrogens is 436 g/mol. The first kappa shape index (κ1) is 25.1. The highest BCUT2D eigenvalue weighted by atomic mass is 16.5. The number of ketones is 1. The molecule has 182 valence electrons. The number of ether oxygens (including phenoxy) is 3. The van der Waals surface area contributed by atoms with Gasteiger partial charge < -0.3 is 29.1 Å². The summed E-state index contributed by atoms with van der Waals surface area (Å²) in [5.74, 6) is 0.0984. The van der Waals surface area contributed by atoms with Gasteiger partial charge in [0.2, 0.25) is 0 Å². The second-order valence-corrected chi connectivity index (χ2v) is 8.22. The standard InChI is InChI=1S/C26H32N2O6/c1-6-34-20-13-10-18(16-21(20)33-5)23-22(24(29)17-8-11-19(32-4)12-9-17)25(30)26(31)28(23)15-7-14-27(2)3/h8-13,16,23,29H,6-7,14-15H2,1-5H3/t23-/m0/s1. The lowest BCUT2D eigenvalue weighted by molar-refractivity contribution is -0.139. The first-order valence-corrected chi connectivity index (χ1v) is 11.2. The van der Waals surface area contributed by atoms with Crippen molar-refractivity contribution < 1.29 is 28.9 Å². The molecular formula is C26H32N2O6. The van der Waals surface area contributed by atoms with E-state index in [4.69, 9.17) is 14.2 Å². The number of carbonyl (C=O) groups is 2. The highest BCUT2D eigenvalue weighted by Gasteiger charge is 2.46. The molecule has 0 radical (unpaired) electrons. The molecule has 34 heavy (non-hydrogen) atoms. The van der Waals surface area contributed by atoms with Crippen molar-refractivity contribution in [2.45, 2.75) is 19.4 Å². The van der Waals surface area contributed by atoms with E-state index in [0.717, 1.165) is 6.54 Å². The number of aliphatic hydroxyl groups excluding tert-OH is 1. The highest BCUT2D eigenvalue weighted by Crippen LogP contribution is 2.42. The number of hydrogen-bond donors (Lipinski definition) is 1. The van der Waals surface area contributed by atoms with Gasteiger partial charge in [-0.1, -0.05) is 6.07 Å². The molecule has 0 unspecified atom stereocenters. The molecule has 1 amide bonds. The van der Waals surface area contributed by atoms with Gasteiger partial charge in [0.1, 0.15) is 11.5 Å². The predicted molar refractivity (Wildman–Crippen MR) is 129 cm³/mol. The van der Waals surface area contributed by atoms with Gasteiger partial charge in [-0.05, 0) is 75.9 Å². The fourth-order valence-corrected chi connectivity index (χ4v) is 4.05. The monoisotopic (exact) mass is 468 g/mol. The van der Waals surface area contributed by atoms with Crippen molar-refractivity contribution in [3.63, 3.8) is 0 Å². The van der Waals surface area contributed by atoms with Gasteiger partial charge in [0.15, 0.2) is 11.5 Å². The van der Waals surface area contributed by atoms with E-state index in [1.54, 1.807) is 49.6 Å². The van der Waals surface area contributed by atoms with Crippen LogP contribution in [0.5, 0.6) is 17.2 Å². The van der Waals surface area contributed by atoms with E-state index >= 15 is 0 Å². The van der Waals surface area contributed by atoms with Crippen molar-refractivity contribution in [2.24, 2.45) is 0 Å². The van der Waals surface area contributed by atoms with Crippen molar-refractivity contribution in [1.82, 2.24) is 9.80 Å². The van der Waals surface area contributed by atoms with Gasteiger partial charge in [-0.25, -0.2) is 0 Å². The van der Waals surface area contributed by atoms with Crippen LogP contribution in [0.1, 0.15) is 30.5 Å². The normalized spacial score (nSPS) is 17.4. The van der Waals surface area contributed by atoms with Crippen LogP contribution in [0.2, 0.25) is 0 Å². The minimum Gasteiger partial charge on any atom is -0.507 e. The summed E-state index contributed by atoms with van der Waals surface area (Å²) < 4.78 is 16.3. The molecule has 8 nitrogen and oxygen atoms in total. The van der Waals surface area contributed by atoms with Gasteiger partial charge >= 0.3 is 0 Å². The Morgan fingerprint density at radius 2 is 1.74 bits per heavy atom. The number of aliphatic hydroxyl groups is 1. The van der Waals surface area contributed by atoms with Crippen LogP contribution in [-0.2, 0) is 9.59 Å². The van der Waals surface area contributed by atoms with Gasteiger partial charge in [0.25, 0.3) is 11.7 Å². The zero-order valence-corrected chi connectivity index (χ0v) is 20.3. The van der Waals surface area contributed by atoms with Crippen LogP contribution in [0.3, 0.4) is 0 Å². The van der Waals surface area contributed by atoms with E-state index in [1.807, 2.05) is 25.9 Å².